The van der Waals surface area contributed by atoms with Gasteiger partial charge >= 0.3 is 0 Å². The molecule has 3 rings (SSSR count). The number of carbonyl (C=O) groups is 2. The summed E-state index contributed by atoms with van der Waals surface area (Å²) in [5, 5.41) is 3.89. The molecule has 0 aliphatic carbocycles. The van der Waals surface area contributed by atoms with Gasteiger partial charge in [-0.1, -0.05) is 79.5 Å². The van der Waals surface area contributed by atoms with Crippen LogP contribution in [0.4, 0.5) is 0 Å². The number of carbonyl (C=O) groups excluding carboxylic acids is 2. The van der Waals surface area contributed by atoms with Gasteiger partial charge in [-0.3, -0.25) is 9.59 Å². The van der Waals surface area contributed by atoms with Gasteiger partial charge in [0.15, 0.2) is 0 Å². The maximum Gasteiger partial charge on any atom is 0.243 e. The van der Waals surface area contributed by atoms with Crippen LogP contribution in [0.2, 0.25) is 10.0 Å². The van der Waals surface area contributed by atoms with Crippen molar-refractivity contribution in [1.29, 1.82) is 0 Å². The van der Waals surface area contributed by atoms with Crippen LogP contribution in [0.25, 0.3) is 0 Å². The van der Waals surface area contributed by atoms with Crippen LogP contribution < -0.4 is 5.32 Å². The summed E-state index contributed by atoms with van der Waals surface area (Å²) >= 11 is 12.0. The quantitative estimate of drug-likeness (QED) is 0.321. The van der Waals surface area contributed by atoms with Gasteiger partial charge < -0.3 is 10.2 Å². The zero-order valence-electron chi connectivity index (χ0n) is 22.2. The highest BCUT2D eigenvalue weighted by atomic mass is 35.5. The number of nitrogens with one attached hydrogen (secondary N) is 1. The number of benzene rings is 3. The standard InChI is InChI=1S/C29H33Cl2N3O4S/c1-21(2)18-32-29(36)27(17-22-7-5-4-6-8-22)34(19-23-9-11-24(30)12-10-23)28(35)20-33(3)39(37,38)26-15-13-25(31)14-16-26/h4-16,21,27H,17-20H2,1-3H3,(H,32,36). The van der Waals surface area contributed by atoms with Gasteiger partial charge in [0, 0.05) is 36.6 Å². The zero-order valence-corrected chi connectivity index (χ0v) is 24.5. The molecule has 0 fully saturated rings. The smallest absolute Gasteiger partial charge is 0.243 e. The average molecular weight is 591 g/mol. The first-order chi connectivity index (χ1) is 18.5. The van der Waals surface area contributed by atoms with Crippen molar-refractivity contribution in [3.05, 3.63) is 100 Å². The van der Waals surface area contributed by atoms with Crippen molar-refractivity contribution < 1.29 is 18.0 Å². The molecule has 1 atom stereocenters. The fourth-order valence-electron chi connectivity index (χ4n) is 3.92. The zero-order chi connectivity index (χ0) is 28.6. The minimum absolute atomic E-state index is 0.0157. The molecular formula is C29H33Cl2N3O4S. The van der Waals surface area contributed by atoms with Crippen LogP contribution in [0, 0.1) is 5.92 Å². The molecule has 0 bridgehead atoms. The second-order valence-electron chi connectivity index (χ2n) is 9.71. The Morgan fingerprint density at radius 1 is 0.846 bits per heavy atom. The molecule has 0 aliphatic heterocycles. The fourth-order valence-corrected chi connectivity index (χ4v) is 5.29. The molecule has 0 aromatic heterocycles. The molecule has 3 aromatic rings. The summed E-state index contributed by atoms with van der Waals surface area (Å²) in [6.07, 6.45) is 0.262. The van der Waals surface area contributed by atoms with Crippen molar-refractivity contribution in [2.24, 2.45) is 5.92 Å². The number of rotatable bonds is 12. The van der Waals surface area contributed by atoms with E-state index in [9.17, 15) is 18.0 Å². The lowest BCUT2D eigenvalue weighted by Crippen LogP contribution is -2.53. The van der Waals surface area contributed by atoms with Crippen molar-refractivity contribution in [1.82, 2.24) is 14.5 Å². The van der Waals surface area contributed by atoms with Gasteiger partial charge in [0.05, 0.1) is 11.4 Å². The minimum atomic E-state index is -3.98. The summed E-state index contributed by atoms with van der Waals surface area (Å²) in [7, 11) is -2.64. The van der Waals surface area contributed by atoms with Crippen molar-refractivity contribution >= 4 is 45.0 Å². The maximum absolute atomic E-state index is 13.8. The number of amides is 2. The van der Waals surface area contributed by atoms with Gasteiger partial charge in [-0.2, -0.15) is 4.31 Å². The molecule has 3 aromatic carbocycles. The molecular weight excluding hydrogens is 557 g/mol. The van der Waals surface area contributed by atoms with Crippen LogP contribution in [0.3, 0.4) is 0 Å². The third-order valence-electron chi connectivity index (χ3n) is 6.10. The Balaban J connectivity index is 1.96. The van der Waals surface area contributed by atoms with Gasteiger partial charge in [0.25, 0.3) is 0 Å². The largest absolute Gasteiger partial charge is 0.354 e. The third-order valence-corrected chi connectivity index (χ3v) is 8.42. The van der Waals surface area contributed by atoms with Gasteiger partial charge in [0.2, 0.25) is 21.8 Å². The molecule has 2 amide bonds. The Morgan fingerprint density at radius 2 is 1.41 bits per heavy atom. The van der Waals surface area contributed by atoms with E-state index < -0.39 is 28.5 Å². The van der Waals surface area contributed by atoms with Crippen molar-refractivity contribution in [3.63, 3.8) is 0 Å². The molecule has 0 saturated heterocycles. The summed E-state index contributed by atoms with van der Waals surface area (Å²) in [5.74, 6) is -0.605. The van der Waals surface area contributed by atoms with Gasteiger partial charge in [0.1, 0.15) is 6.04 Å². The van der Waals surface area contributed by atoms with E-state index in [0.717, 1.165) is 15.4 Å². The SMILES string of the molecule is CC(C)CNC(=O)C(Cc1ccccc1)N(Cc1ccc(Cl)cc1)C(=O)CN(C)S(=O)(=O)c1ccc(Cl)cc1. The van der Waals surface area contributed by atoms with Gasteiger partial charge in [-0.05, 0) is 53.4 Å². The maximum atomic E-state index is 13.8. The molecule has 0 heterocycles. The first-order valence-electron chi connectivity index (χ1n) is 12.5. The molecule has 1 N–H and O–H groups in total. The Bertz CT molecular complexity index is 1350. The van der Waals surface area contributed by atoms with Crippen LogP contribution in [-0.4, -0.2) is 55.6 Å². The Kier molecular flexibility index (Phi) is 10.9. The first kappa shape index (κ1) is 30.6. The van der Waals surface area contributed by atoms with E-state index >= 15 is 0 Å². The Hall–Kier alpha value is -2.91. The number of halogens is 2. The monoisotopic (exact) mass is 589 g/mol. The highest BCUT2D eigenvalue weighted by molar-refractivity contribution is 7.89. The predicted octanol–water partition coefficient (Wildman–Crippen LogP) is 5.03. The first-order valence-corrected chi connectivity index (χ1v) is 14.7. The number of likely N-dealkylation sites (N-methyl/N-ethyl adjacent to an activating group) is 1. The number of hydrogen-bond acceptors (Lipinski definition) is 4. The fraction of sp³-hybridized carbons (Fsp3) is 0.310. The van der Waals surface area contributed by atoms with E-state index in [-0.39, 0.29) is 29.7 Å². The average Bonchev–Trinajstić information content (AvgIpc) is 2.91. The number of sulfonamides is 1. The second kappa shape index (κ2) is 13.9. The highest BCUT2D eigenvalue weighted by Gasteiger charge is 2.33. The Labute approximate surface area is 240 Å². The molecule has 10 heteroatoms. The summed E-state index contributed by atoms with van der Waals surface area (Å²) in [4.78, 5) is 28.8. The van der Waals surface area contributed by atoms with Crippen LogP contribution in [0.15, 0.2) is 83.8 Å². The summed E-state index contributed by atoms with van der Waals surface area (Å²) < 4.78 is 27.4. The summed E-state index contributed by atoms with van der Waals surface area (Å²) in [5.41, 5.74) is 1.63. The lowest BCUT2D eigenvalue weighted by Gasteiger charge is -2.33. The molecule has 7 nitrogen and oxygen atoms in total. The van der Waals surface area contributed by atoms with Crippen molar-refractivity contribution in [3.8, 4) is 0 Å². The second-order valence-corrected chi connectivity index (χ2v) is 12.6. The number of hydrogen-bond donors (Lipinski definition) is 1. The van der Waals surface area contributed by atoms with Crippen LogP contribution in [-0.2, 0) is 32.6 Å². The summed E-state index contributed by atoms with van der Waals surface area (Å²) in [6, 6.07) is 21.3. The minimum Gasteiger partial charge on any atom is -0.354 e. The van der Waals surface area contributed by atoms with E-state index in [1.54, 1.807) is 24.3 Å². The van der Waals surface area contributed by atoms with Crippen LogP contribution in [0.5, 0.6) is 0 Å². The van der Waals surface area contributed by atoms with E-state index in [1.165, 1.54) is 36.2 Å². The van der Waals surface area contributed by atoms with E-state index in [0.29, 0.717) is 16.6 Å². The topological polar surface area (TPSA) is 86.8 Å². The molecule has 0 aliphatic rings. The molecule has 1 unspecified atom stereocenters. The van der Waals surface area contributed by atoms with Gasteiger partial charge in [-0.15, -0.1) is 0 Å². The lowest BCUT2D eigenvalue weighted by atomic mass is 10.0. The normalized spacial score (nSPS) is 12.4. The molecule has 0 radical (unpaired) electrons. The van der Waals surface area contributed by atoms with Crippen molar-refractivity contribution in [2.45, 2.75) is 37.8 Å². The van der Waals surface area contributed by atoms with E-state index in [1.807, 2.05) is 44.2 Å². The van der Waals surface area contributed by atoms with Crippen LogP contribution in [0.1, 0.15) is 25.0 Å². The lowest BCUT2D eigenvalue weighted by molar-refractivity contribution is -0.141. The number of nitrogens with zero attached hydrogens (tertiary/aromatic N) is 2. The predicted molar refractivity (Wildman–Crippen MR) is 155 cm³/mol. The molecule has 39 heavy (non-hydrogen) atoms. The van der Waals surface area contributed by atoms with E-state index in [4.69, 9.17) is 23.2 Å². The van der Waals surface area contributed by atoms with Crippen LogP contribution >= 0.6 is 23.2 Å². The molecule has 0 saturated carbocycles. The van der Waals surface area contributed by atoms with Crippen molar-refractivity contribution in [2.75, 3.05) is 20.1 Å². The molecule has 0 spiro atoms. The summed E-state index contributed by atoms with van der Waals surface area (Å²) in [6.45, 7) is 4.05. The van der Waals surface area contributed by atoms with Gasteiger partial charge in [-0.25, -0.2) is 8.42 Å². The van der Waals surface area contributed by atoms with E-state index in [2.05, 4.69) is 5.32 Å². The third kappa shape index (κ3) is 8.80. The Morgan fingerprint density at radius 3 is 1.97 bits per heavy atom. The molecule has 208 valence electrons. The highest BCUT2D eigenvalue weighted by Crippen LogP contribution is 2.20.